The summed E-state index contributed by atoms with van der Waals surface area (Å²) in [7, 11) is 0. The molecule has 2 aromatic rings. The Bertz CT molecular complexity index is 573. The standard InChI is InChI=1S/C14H16N2O2/c1-10-3-5-13(11(2)7-10)16-8-12(15-9-16)4-6-14(17)18/h3,5,7-9H,4,6H2,1-2H3,(H,17,18). The van der Waals surface area contributed by atoms with E-state index in [2.05, 4.69) is 31.0 Å². The van der Waals surface area contributed by atoms with Crippen molar-refractivity contribution in [3.63, 3.8) is 0 Å². The third-order valence-electron chi connectivity index (χ3n) is 2.86. The molecule has 1 N–H and O–H groups in total. The fourth-order valence-electron chi connectivity index (χ4n) is 1.95. The first-order valence-electron chi connectivity index (χ1n) is 5.88. The smallest absolute Gasteiger partial charge is 0.303 e. The van der Waals surface area contributed by atoms with Gasteiger partial charge in [0.05, 0.1) is 18.4 Å². The highest BCUT2D eigenvalue weighted by molar-refractivity contribution is 5.66. The lowest BCUT2D eigenvalue weighted by Gasteiger charge is -2.06. The van der Waals surface area contributed by atoms with E-state index in [1.54, 1.807) is 6.33 Å². The van der Waals surface area contributed by atoms with E-state index in [-0.39, 0.29) is 6.42 Å². The summed E-state index contributed by atoms with van der Waals surface area (Å²) >= 11 is 0. The molecule has 2 rings (SSSR count). The number of hydrogen-bond donors (Lipinski definition) is 1. The molecule has 0 bridgehead atoms. The summed E-state index contributed by atoms with van der Waals surface area (Å²) in [6.45, 7) is 4.11. The minimum atomic E-state index is -0.795. The molecule has 0 unspecified atom stereocenters. The van der Waals surface area contributed by atoms with Crippen molar-refractivity contribution in [1.82, 2.24) is 9.55 Å². The number of rotatable bonds is 4. The molecule has 0 fully saturated rings. The lowest BCUT2D eigenvalue weighted by Crippen LogP contribution is -1.97. The zero-order valence-corrected chi connectivity index (χ0v) is 10.6. The minimum Gasteiger partial charge on any atom is -0.481 e. The van der Waals surface area contributed by atoms with Crippen molar-refractivity contribution in [3.8, 4) is 5.69 Å². The third kappa shape index (κ3) is 2.77. The van der Waals surface area contributed by atoms with Crippen molar-refractivity contribution in [2.75, 3.05) is 0 Å². The normalized spacial score (nSPS) is 10.6. The Labute approximate surface area is 106 Å². The fourth-order valence-corrected chi connectivity index (χ4v) is 1.95. The quantitative estimate of drug-likeness (QED) is 0.899. The van der Waals surface area contributed by atoms with Gasteiger partial charge in [-0.3, -0.25) is 4.79 Å². The Morgan fingerprint density at radius 1 is 1.39 bits per heavy atom. The van der Waals surface area contributed by atoms with Gasteiger partial charge in [-0.1, -0.05) is 17.7 Å². The predicted octanol–water partition coefficient (Wildman–Crippen LogP) is 2.51. The van der Waals surface area contributed by atoms with Gasteiger partial charge >= 0.3 is 5.97 Å². The molecule has 4 nitrogen and oxygen atoms in total. The number of carbonyl (C=O) groups is 1. The van der Waals surface area contributed by atoms with Crippen LogP contribution in [0.15, 0.2) is 30.7 Å². The average Bonchev–Trinajstić information content (AvgIpc) is 2.75. The SMILES string of the molecule is Cc1ccc(-n2cnc(CCC(=O)O)c2)c(C)c1. The van der Waals surface area contributed by atoms with Crippen molar-refractivity contribution >= 4 is 5.97 Å². The number of hydrogen-bond acceptors (Lipinski definition) is 2. The number of aryl methyl sites for hydroxylation is 3. The molecule has 0 aliphatic heterocycles. The van der Waals surface area contributed by atoms with E-state index in [9.17, 15) is 4.79 Å². The van der Waals surface area contributed by atoms with Crippen molar-refractivity contribution in [2.24, 2.45) is 0 Å². The van der Waals surface area contributed by atoms with Gasteiger partial charge in [-0.25, -0.2) is 4.98 Å². The van der Waals surface area contributed by atoms with Gasteiger partial charge in [0.2, 0.25) is 0 Å². The first-order chi connectivity index (χ1) is 8.56. The maximum atomic E-state index is 10.5. The Kier molecular flexibility index (Phi) is 3.46. The van der Waals surface area contributed by atoms with Gasteiger partial charge in [0.25, 0.3) is 0 Å². The molecule has 1 aromatic carbocycles. The van der Waals surface area contributed by atoms with Crippen molar-refractivity contribution in [1.29, 1.82) is 0 Å². The first-order valence-corrected chi connectivity index (χ1v) is 5.88. The number of benzene rings is 1. The van der Waals surface area contributed by atoms with Crippen LogP contribution in [-0.4, -0.2) is 20.6 Å². The summed E-state index contributed by atoms with van der Waals surface area (Å²) in [6, 6.07) is 6.22. The van der Waals surface area contributed by atoms with E-state index in [4.69, 9.17) is 5.11 Å². The molecule has 4 heteroatoms. The van der Waals surface area contributed by atoms with Crippen molar-refractivity contribution in [2.45, 2.75) is 26.7 Å². The molecule has 94 valence electrons. The number of carboxylic acid groups (broad SMARTS) is 1. The van der Waals surface area contributed by atoms with E-state index in [1.165, 1.54) is 11.1 Å². The molecule has 0 saturated heterocycles. The van der Waals surface area contributed by atoms with E-state index in [0.717, 1.165) is 11.4 Å². The lowest BCUT2D eigenvalue weighted by atomic mass is 10.1. The summed E-state index contributed by atoms with van der Waals surface area (Å²) < 4.78 is 1.94. The average molecular weight is 244 g/mol. The van der Waals surface area contributed by atoms with Gasteiger partial charge in [-0.2, -0.15) is 0 Å². The van der Waals surface area contributed by atoms with Crippen LogP contribution in [0.5, 0.6) is 0 Å². The minimum absolute atomic E-state index is 0.115. The molecule has 1 aromatic heterocycles. The van der Waals surface area contributed by atoms with Crippen LogP contribution in [0.1, 0.15) is 23.2 Å². The van der Waals surface area contributed by atoms with Crippen LogP contribution in [0.2, 0.25) is 0 Å². The van der Waals surface area contributed by atoms with Crippen LogP contribution >= 0.6 is 0 Å². The summed E-state index contributed by atoms with van der Waals surface area (Å²) in [5.74, 6) is -0.795. The van der Waals surface area contributed by atoms with Gasteiger partial charge in [0.1, 0.15) is 0 Å². The van der Waals surface area contributed by atoms with Crippen LogP contribution in [0.25, 0.3) is 5.69 Å². The predicted molar refractivity (Wildman–Crippen MR) is 69.0 cm³/mol. The van der Waals surface area contributed by atoms with Crippen molar-refractivity contribution < 1.29 is 9.90 Å². The van der Waals surface area contributed by atoms with E-state index < -0.39 is 5.97 Å². The molecule has 0 atom stereocenters. The van der Waals surface area contributed by atoms with Crippen molar-refractivity contribution in [3.05, 3.63) is 47.5 Å². The van der Waals surface area contributed by atoms with Crippen LogP contribution in [0.3, 0.4) is 0 Å². The summed E-state index contributed by atoms with van der Waals surface area (Å²) in [6.07, 6.45) is 4.20. The molecule has 0 amide bonds. The van der Waals surface area contributed by atoms with Gasteiger partial charge in [-0.05, 0) is 25.5 Å². The van der Waals surface area contributed by atoms with Gasteiger partial charge in [0, 0.05) is 18.3 Å². The Morgan fingerprint density at radius 3 is 2.83 bits per heavy atom. The topological polar surface area (TPSA) is 55.1 Å². The van der Waals surface area contributed by atoms with Crippen LogP contribution in [-0.2, 0) is 11.2 Å². The summed E-state index contributed by atoms with van der Waals surface area (Å²) in [5, 5.41) is 8.64. The van der Waals surface area contributed by atoms with E-state index in [0.29, 0.717) is 6.42 Å². The molecule has 1 heterocycles. The maximum Gasteiger partial charge on any atom is 0.303 e. The first kappa shape index (κ1) is 12.4. The molecule has 0 saturated carbocycles. The van der Waals surface area contributed by atoms with Gasteiger partial charge in [-0.15, -0.1) is 0 Å². The van der Waals surface area contributed by atoms with Crippen LogP contribution in [0.4, 0.5) is 0 Å². The molecule has 0 aliphatic carbocycles. The zero-order valence-electron chi connectivity index (χ0n) is 10.6. The number of imidazole rings is 1. The van der Waals surface area contributed by atoms with Gasteiger partial charge in [0.15, 0.2) is 0 Å². The molecule has 0 aliphatic rings. The number of carboxylic acids is 1. The Hall–Kier alpha value is -2.10. The number of aromatic nitrogens is 2. The largest absolute Gasteiger partial charge is 0.481 e. The number of nitrogens with zero attached hydrogens (tertiary/aromatic N) is 2. The maximum absolute atomic E-state index is 10.5. The van der Waals surface area contributed by atoms with Crippen LogP contribution < -0.4 is 0 Å². The molecule has 18 heavy (non-hydrogen) atoms. The lowest BCUT2D eigenvalue weighted by molar-refractivity contribution is -0.136. The molecule has 0 spiro atoms. The second-order valence-corrected chi connectivity index (χ2v) is 4.46. The molecular weight excluding hydrogens is 228 g/mol. The second kappa shape index (κ2) is 5.04. The Morgan fingerprint density at radius 2 is 2.17 bits per heavy atom. The van der Waals surface area contributed by atoms with Crippen LogP contribution in [0, 0.1) is 13.8 Å². The highest BCUT2D eigenvalue weighted by Gasteiger charge is 2.05. The zero-order chi connectivity index (χ0) is 13.1. The number of aliphatic carboxylic acids is 1. The highest BCUT2D eigenvalue weighted by Crippen LogP contribution is 2.16. The Balaban J connectivity index is 2.21. The highest BCUT2D eigenvalue weighted by atomic mass is 16.4. The molecule has 0 radical (unpaired) electrons. The summed E-state index contributed by atoms with van der Waals surface area (Å²) in [5.41, 5.74) is 4.28. The van der Waals surface area contributed by atoms with Gasteiger partial charge < -0.3 is 9.67 Å². The third-order valence-corrected chi connectivity index (χ3v) is 2.86. The van der Waals surface area contributed by atoms with E-state index >= 15 is 0 Å². The summed E-state index contributed by atoms with van der Waals surface area (Å²) in [4.78, 5) is 14.7. The monoisotopic (exact) mass is 244 g/mol. The second-order valence-electron chi connectivity index (χ2n) is 4.46. The molecular formula is C14H16N2O2. The fraction of sp³-hybridized carbons (Fsp3) is 0.286. The van der Waals surface area contributed by atoms with E-state index in [1.807, 2.05) is 16.8 Å².